The molecule has 2 aromatic carbocycles. The Balaban J connectivity index is 1.65. The van der Waals surface area contributed by atoms with Gasteiger partial charge in [0.25, 0.3) is 0 Å². The summed E-state index contributed by atoms with van der Waals surface area (Å²) in [6.45, 7) is 6.69. The zero-order valence-electron chi connectivity index (χ0n) is 18.2. The maximum atomic E-state index is 5.32. The normalized spacial score (nSPS) is 11.5. The second kappa shape index (κ2) is 8.94. The quantitative estimate of drug-likeness (QED) is 0.355. The van der Waals surface area contributed by atoms with E-state index in [1.165, 1.54) is 11.1 Å². The lowest BCUT2D eigenvalue weighted by Gasteiger charge is -2.19. The summed E-state index contributed by atoms with van der Waals surface area (Å²) >= 11 is 1.68. The van der Waals surface area contributed by atoms with Gasteiger partial charge in [-0.3, -0.25) is 9.55 Å². The van der Waals surface area contributed by atoms with E-state index in [2.05, 4.69) is 64.8 Å². The number of nitrogens with zero attached hydrogens (tertiary/aromatic N) is 4. The minimum Gasteiger partial charge on any atom is -0.497 e. The van der Waals surface area contributed by atoms with Gasteiger partial charge < -0.3 is 4.74 Å². The molecule has 2 aromatic heterocycles. The second-order valence-corrected chi connectivity index (χ2v) is 9.25. The van der Waals surface area contributed by atoms with E-state index < -0.39 is 0 Å². The molecule has 0 atom stereocenters. The molecule has 0 amide bonds. The third-order valence-corrected chi connectivity index (χ3v) is 6.09. The van der Waals surface area contributed by atoms with Crippen LogP contribution in [0, 0.1) is 0 Å². The predicted molar refractivity (Wildman–Crippen MR) is 126 cm³/mol. The molecular formula is C25H26N4OS. The highest BCUT2D eigenvalue weighted by Gasteiger charge is 2.17. The van der Waals surface area contributed by atoms with Gasteiger partial charge in [0.2, 0.25) is 0 Å². The summed E-state index contributed by atoms with van der Waals surface area (Å²) in [5.41, 5.74) is 4.71. The number of hydrogen-bond acceptors (Lipinski definition) is 5. The summed E-state index contributed by atoms with van der Waals surface area (Å²) in [4.78, 5) is 4.12. The molecule has 2 heterocycles. The largest absolute Gasteiger partial charge is 0.497 e. The summed E-state index contributed by atoms with van der Waals surface area (Å²) in [6.07, 6.45) is 3.54. The molecule has 0 bridgehead atoms. The lowest BCUT2D eigenvalue weighted by atomic mass is 9.87. The van der Waals surface area contributed by atoms with Crippen LogP contribution >= 0.6 is 11.8 Å². The summed E-state index contributed by atoms with van der Waals surface area (Å²) < 4.78 is 7.40. The molecule has 0 aliphatic rings. The summed E-state index contributed by atoms with van der Waals surface area (Å²) in [5, 5.41) is 9.85. The lowest BCUT2D eigenvalue weighted by Crippen LogP contribution is -2.10. The van der Waals surface area contributed by atoms with Crippen LogP contribution in [0.1, 0.15) is 31.9 Å². The lowest BCUT2D eigenvalue weighted by molar-refractivity contribution is 0.414. The van der Waals surface area contributed by atoms with Crippen molar-refractivity contribution in [3.8, 4) is 22.8 Å². The van der Waals surface area contributed by atoms with Crippen molar-refractivity contribution >= 4 is 11.8 Å². The van der Waals surface area contributed by atoms with Crippen molar-refractivity contribution in [1.29, 1.82) is 0 Å². The van der Waals surface area contributed by atoms with Crippen molar-refractivity contribution < 1.29 is 4.74 Å². The molecule has 31 heavy (non-hydrogen) atoms. The topological polar surface area (TPSA) is 52.8 Å². The third kappa shape index (κ3) is 4.80. The zero-order chi connectivity index (χ0) is 21.8. The van der Waals surface area contributed by atoms with E-state index in [4.69, 9.17) is 4.74 Å². The fourth-order valence-corrected chi connectivity index (χ4v) is 4.17. The highest BCUT2D eigenvalue weighted by atomic mass is 32.2. The van der Waals surface area contributed by atoms with Gasteiger partial charge in [0.05, 0.1) is 7.11 Å². The number of benzene rings is 2. The Labute approximate surface area is 187 Å². The zero-order valence-corrected chi connectivity index (χ0v) is 19.1. The van der Waals surface area contributed by atoms with Gasteiger partial charge >= 0.3 is 0 Å². The molecular weight excluding hydrogens is 404 g/mol. The van der Waals surface area contributed by atoms with E-state index in [1.807, 2.05) is 36.4 Å². The van der Waals surface area contributed by atoms with E-state index >= 15 is 0 Å². The van der Waals surface area contributed by atoms with Gasteiger partial charge in [-0.25, -0.2) is 0 Å². The number of hydrogen-bond donors (Lipinski definition) is 0. The van der Waals surface area contributed by atoms with Gasteiger partial charge in [0.15, 0.2) is 11.0 Å². The summed E-state index contributed by atoms with van der Waals surface area (Å²) in [7, 11) is 1.67. The van der Waals surface area contributed by atoms with Crippen LogP contribution in [0.3, 0.4) is 0 Å². The molecule has 0 N–H and O–H groups in total. The van der Waals surface area contributed by atoms with Gasteiger partial charge in [-0.1, -0.05) is 56.8 Å². The van der Waals surface area contributed by atoms with Crippen LogP contribution in [0.5, 0.6) is 5.75 Å². The van der Waals surface area contributed by atoms with E-state index in [1.54, 1.807) is 31.3 Å². The molecule has 4 rings (SSSR count). The Bertz CT molecular complexity index is 1130. The second-order valence-electron chi connectivity index (χ2n) is 8.31. The number of rotatable bonds is 6. The van der Waals surface area contributed by atoms with Crippen molar-refractivity contribution in [1.82, 2.24) is 19.7 Å². The molecule has 0 aliphatic heterocycles. The van der Waals surface area contributed by atoms with Crippen molar-refractivity contribution in [2.24, 2.45) is 0 Å². The molecule has 158 valence electrons. The smallest absolute Gasteiger partial charge is 0.196 e. The molecule has 0 saturated heterocycles. The molecule has 0 unspecified atom stereocenters. The molecule has 0 radical (unpaired) electrons. The van der Waals surface area contributed by atoms with Crippen LogP contribution in [-0.2, 0) is 11.2 Å². The first-order chi connectivity index (χ1) is 15.0. The Morgan fingerprint density at radius 2 is 1.55 bits per heavy atom. The monoisotopic (exact) mass is 430 g/mol. The number of thioether (sulfide) groups is 1. The molecule has 0 spiro atoms. The van der Waals surface area contributed by atoms with Crippen molar-refractivity contribution in [2.75, 3.05) is 7.11 Å². The third-order valence-electron chi connectivity index (χ3n) is 5.09. The van der Waals surface area contributed by atoms with Gasteiger partial charge in [0, 0.05) is 29.4 Å². The van der Waals surface area contributed by atoms with Crippen molar-refractivity contribution in [3.05, 3.63) is 84.2 Å². The van der Waals surface area contributed by atoms with E-state index in [0.717, 1.165) is 33.7 Å². The first kappa shape index (κ1) is 21.1. The summed E-state index contributed by atoms with van der Waals surface area (Å²) in [5.74, 6) is 2.42. The van der Waals surface area contributed by atoms with Gasteiger partial charge in [0.1, 0.15) is 5.75 Å². The average molecular weight is 431 g/mol. The Hall–Kier alpha value is -3.12. The molecule has 4 aromatic rings. The van der Waals surface area contributed by atoms with E-state index in [0.29, 0.717) is 0 Å². The molecule has 6 heteroatoms. The maximum absolute atomic E-state index is 5.32. The van der Waals surface area contributed by atoms with Crippen LogP contribution < -0.4 is 4.74 Å². The first-order valence-electron chi connectivity index (χ1n) is 10.2. The number of methoxy groups -OCH3 is 1. The number of pyridine rings is 1. The average Bonchev–Trinajstić information content (AvgIpc) is 3.22. The maximum Gasteiger partial charge on any atom is 0.196 e. The van der Waals surface area contributed by atoms with Crippen LogP contribution in [-0.4, -0.2) is 26.9 Å². The summed E-state index contributed by atoms with van der Waals surface area (Å²) in [6, 6.07) is 20.7. The highest BCUT2D eigenvalue weighted by molar-refractivity contribution is 7.98. The Kier molecular flexibility index (Phi) is 6.09. The fraction of sp³-hybridized carbons (Fsp3) is 0.240. The predicted octanol–water partition coefficient (Wildman–Crippen LogP) is 5.93. The van der Waals surface area contributed by atoms with Crippen LogP contribution in [0.4, 0.5) is 0 Å². The molecule has 0 aliphatic carbocycles. The fourth-order valence-electron chi connectivity index (χ4n) is 3.26. The SMILES string of the molecule is COc1ccc(-n2c(SCc3ccc(C(C)(C)C)cc3)nnc2-c2ccncc2)cc1. The molecule has 5 nitrogen and oxygen atoms in total. The van der Waals surface area contributed by atoms with E-state index in [9.17, 15) is 0 Å². The number of aromatic nitrogens is 4. The highest BCUT2D eigenvalue weighted by Crippen LogP contribution is 2.31. The number of ether oxygens (including phenoxy) is 1. The van der Waals surface area contributed by atoms with Gasteiger partial charge in [-0.05, 0) is 52.9 Å². The van der Waals surface area contributed by atoms with Crippen LogP contribution in [0.15, 0.2) is 78.2 Å². The van der Waals surface area contributed by atoms with E-state index in [-0.39, 0.29) is 5.41 Å². The minimum absolute atomic E-state index is 0.152. The van der Waals surface area contributed by atoms with Crippen molar-refractivity contribution in [2.45, 2.75) is 37.1 Å². The van der Waals surface area contributed by atoms with Gasteiger partial charge in [-0.15, -0.1) is 10.2 Å². The first-order valence-corrected chi connectivity index (χ1v) is 11.2. The minimum atomic E-state index is 0.152. The van der Waals surface area contributed by atoms with Gasteiger partial charge in [-0.2, -0.15) is 0 Å². The Morgan fingerprint density at radius 3 is 2.16 bits per heavy atom. The standard InChI is InChI=1S/C25H26N4OS/c1-25(2,3)20-7-5-18(6-8-20)17-31-24-28-27-23(19-13-15-26-16-14-19)29(24)21-9-11-22(30-4)12-10-21/h5-16H,17H2,1-4H3. The Morgan fingerprint density at radius 1 is 0.871 bits per heavy atom. The van der Waals surface area contributed by atoms with Crippen LogP contribution in [0.25, 0.3) is 17.1 Å². The van der Waals surface area contributed by atoms with Crippen LogP contribution in [0.2, 0.25) is 0 Å². The van der Waals surface area contributed by atoms with Crippen molar-refractivity contribution in [3.63, 3.8) is 0 Å². The molecule has 0 fully saturated rings. The molecule has 0 saturated carbocycles.